The Kier molecular flexibility index (Phi) is 2.87. The fraction of sp³-hybridized carbons (Fsp3) is 0.214. The third-order valence-electron chi connectivity index (χ3n) is 3.08. The Morgan fingerprint density at radius 1 is 1.26 bits per heavy atom. The predicted molar refractivity (Wildman–Crippen MR) is 73.0 cm³/mol. The fourth-order valence-corrected chi connectivity index (χ4v) is 2.25. The molecule has 0 atom stereocenters. The molecule has 5 nitrogen and oxygen atoms in total. The Balaban J connectivity index is 2.34. The Morgan fingerprint density at radius 3 is 2.79 bits per heavy atom. The molecule has 19 heavy (non-hydrogen) atoms. The zero-order chi connectivity index (χ0) is 13.2. The topological polar surface area (TPSA) is 63.1 Å². The summed E-state index contributed by atoms with van der Waals surface area (Å²) in [7, 11) is 0. The molecule has 0 aliphatic carbocycles. The fourth-order valence-electron chi connectivity index (χ4n) is 2.25. The van der Waals surface area contributed by atoms with Crippen molar-refractivity contribution in [1.82, 2.24) is 19.6 Å². The van der Waals surface area contributed by atoms with Gasteiger partial charge in [0.25, 0.3) is 5.56 Å². The summed E-state index contributed by atoms with van der Waals surface area (Å²) >= 11 is 0. The van der Waals surface area contributed by atoms with Crippen molar-refractivity contribution in [3.63, 3.8) is 0 Å². The van der Waals surface area contributed by atoms with E-state index in [4.69, 9.17) is 0 Å². The quantitative estimate of drug-likeness (QED) is 0.778. The van der Waals surface area contributed by atoms with Crippen LogP contribution in [0.2, 0.25) is 0 Å². The highest BCUT2D eigenvalue weighted by Crippen LogP contribution is 2.19. The number of fused-ring (bicyclic) bond motifs is 1. The van der Waals surface area contributed by atoms with E-state index in [0.717, 1.165) is 24.1 Å². The Labute approximate surface area is 109 Å². The maximum atomic E-state index is 12.5. The monoisotopic (exact) mass is 254 g/mol. The van der Waals surface area contributed by atoms with Crippen molar-refractivity contribution < 1.29 is 0 Å². The van der Waals surface area contributed by atoms with Gasteiger partial charge in [-0.25, -0.2) is 0 Å². The van der Waals surface area contributed by atoms with Gasteiger partial charge in [0.15, 0.2) is 0 Å². The van der Waals surface area contributed by atoms with E-state index in [1.165, 1.54) is 10.8 Å². The van der Waals surface area contributed by atoms with Crippen molar-refractivity contribution >= 4 is 5.78 Å². The standard InChI is InChI=1S/C14H14N4O/c1-2-6-11-12(10-7-4-3-5-8-10)13(19)18-14(17-11)15-9-16-18/h3-5,7-9H,2,6H2,1H3,(H,15,16,17). The summed E-state index contributed by atoms with van der Waals surface area (Å²) in [5, 5.41) is 3.97. The summed E-state index contributed by atoms with van der Waals surface area (Å²) < 4.78 is 1.31. The Hall–Kier alpha value is -2.43. The SMILES string of the molecule is CCCc1[nH]c2ncnn2c(=O)c1-c1ccccc1. The third kappa shape index (κ3) is 1.93. The summed E-state index contributed by atoms with van der Waals surface area (Å²) in [6, 6.07) is 9.66. The first kappa shape index (κ1) is 11.6. The summed E-state index contributed by atoms with van der Waals surface area (Å²) in [6.45, 7) is 2.08. The van der Waals surface area contributed by atoms with Gasteiger partial charge < -0.3 is 4.98 Å². The second-order valence-electron chi connectivity index (χ2n) is 4.40. The molecule has 0 spiro atoms. The van der Waals surface area contributed by atoms with E-state index in [1.807, 2.05) is 30.3 Å². The number of rotatable bonds is 3. The Morgan fingerprint density at radius 2 is 2.05 bits per heavy atom. The molecule has 0 bridgehead atoms. The average Bonchev–Trinajstić information content (AvgIpc) is 2.89. The molecule has 3 aromatic rings. The van der Waals surface area contributed by atoms with Gasteiger partial charge in [0, 0.05) is 5.69 Å². The van der Waals surface area contributed by atoms with Crippen LogP contribution in [0.3, 0.4) is 0 Å². The molecule has 0 fully saturated rings. The summed E-state index contributed by atoms with van der Waals surface area (Å²) in [4.78, 5) is 19.8. The smallest absolute Gasteiger partial charge is 0.283 e. The van der Waals surface area contributed by atoms with E-state index in [1.54, 1.807) is 0 Å². The van der Waals surface area contributed by atoms with Crippen LogP contribution < -0.4 is 5.56 Å². The van der Waals surface area contributed by atoms with Crippen molar-refractivity contribution in [2.45, 2.75) is 19.8 Å². The molecule has 2 aromatic heterocycles. The van der Waals surface area contributed by atoms with Gasteiger partial charge in [-0.15, -0.1) is 0 Å². The van der Waals surface area contributed by atoms with Gasteiger partial charge in [-0.05, 0) is 12.0 Å². The van der Waals surface area contributed by atoms with Crippen LogP contribution in [0.4, 0.5) is 0 Å². The second-order valence-corrected chi connectivity index (χ2v) is 4.40. The molecule has 2 heterocycles. The molecule has 0 unspecified atom stereocenters. The lowest BCUT2D eigenvalue weighted by atomic mass is 10.0. The predicted octanol–water partition coefficient (Wildman–Crippen LogP) is 2.04. The second kappa shape index (κ2) is 4.68. The van der Waals surface area contributed by atoms with E-state index < -0.39 is 0 Å². The molecule has 1 N–H and O–H groups in total. The minimum Gasteiger partial charge on any atom is -0.327 e. The zero-order valence-electron chi connectivity index (χ0n) is 10.6. The van der Waals surface area contributed by atoms with E-state index in [-0.39, 0.29) is 5.56 Å². The molecule has 0 amide bonds. The van der Waals surface area contributed by atoms with E-state index in [0.29, 0.717) is 11.3 Å². The lowest BCUT2D eigenvalue weighted by Gasteiger charge is -2.08. The highest BCUT2D eigenvalue weighted by atomic mass is 16.1. The number of nitrogens with zero attached hydrogens (tertiary/aromatic N) is 3. The first-order valence-electron chi connectivity index (χ1n) is 6.31. The van der Waals surface area contributed by atoms with Crippen LogP contribution >= 0.6 is 0 Å². The van der Waals surface area contributed by atoms with Gasteiger partial charge in [0.2, 0.25) is 5.78 Å². The van der Waals surface area contributed by atoms with Gasteiger partial charge in [0.05, 0.1) is 5.56 Å². The number of nitrogens with one attached hydrogen (secondary N) is 1. The number of hydrogen-bond donors (Lipinski definition) is 1. The van der Waals surface area contributed by atoms with Crippen LogP contribution in [0, 0.1) is 0 Å². The van der Waals surface area contributed by atoms with E-state index >= 15 is 0 Å². The average molecular weight is 254 g/mol. The molecule has 3 rings (SSSR count). The first-order chi connectivity index (χ1) is 9.31. The largest absolute Gasteiger partial charge is 0.327 e. The highest BCUT2D eigenvalue weighted by Gasteiger charge is 2.14. The van der Waals surface area contributed by atoms with Crippen LogP contribution in [0.15, 0.2) is 41.5 Å². The molecule has 0 aliphatic rings. The number of aromatic amines is 1. The number of benzene rings is 1. The van der Waals surface area contributed by atoms with Crippen LogP contribution in [-0.2, 0) is 6.42 Å². The first-order valence-corrected chi connectivity index (χ1v) is 6.31. The maximum Gasteiger partial charge on any atom is 0.283 e. The normalized spacial score (nSPS) is 11.0. The van der Waals surface area contributed by atoms with Crippen molar-refractivity contribution in [3.05, 3.63) is 52.7 Å². The summed E-state index contributed by atoms with van der Waals surface area (Å²) in [6.07, 6.45) is 3.15. The van der Waals surface area contributed by atoms with Crippen molar-refractivity contribution in [2.75, 3.05) is 0 Å². The third-order valence-corrected chi connectivity index (χ3v) is 3.08. The molecule has 0 radical (unpaired) electrons. The molecular formula is C14H14N4O. The van der Waals surface area contributed by atoms with Gasteiger partial charge in [-0.2, -0.15) is 14.6 Å². The van der Waals surface area contributed by atoms with E-state index in [2.05, 4.69) is 22.0 Å². The Bertz CT molecular complexity index is 758. The van der Waals surface area contributed by atoms with Crippen LogP contribution in [0.5, 0.6) is 0 Å². The van der Waals surface area contributed by atoms with Crippen molar-refractivity contribution in [3.8, 4) is 11.1 Å². The van der Waals surface area contributed by atoms with Crippen LogP contribution in [0.25, 0.3) is 16.9 Å². The minimum absolute atomic E-state index is 0.124. The summed E-state index contributed by atoms with van der Waals surface area (Å²) in [5.41, 5.74) is 2.38. The molecule has 0 aliphatic heterocycles. The summed E-state index contributed by atoms with van der Waals surface area (Å²) in [5.74, 6) is 0.494. The number of aryl methyl sites for hydroxylation is 1. The van der Waals surface area contributed by atoms with E-state index in [9.17, 15) is 4.79 Å². The van der Waals surface area contributed by atoms with Crippen molar-refractivity contribution in [2.24, 2.45) is 0 Å². The maximum absolute atomic E-state index is 12.5. The molecule has 1 aromatic carbocycles. The molecule has 5 heteroatoms. The van der Waals surface area contributed by atoms with Crippen LogP contribution in [-0.4, -0.2) is 19.6 Å². The molecule has 96 valence electrons. The van der Waals surface area contributed by atoms with Gasteiger partial charge in [-0.1, -0.05) is 43.7 Å². The highest BCUT2D eigenvalue weighted by molar-refractivity contribution is 5.65. The number of hydrogen-bond acceptors (Lipinski definition) is 3. The van der Waals surface area contributed by atoms with Crippen molar-refractivity contribution in [1.29, 1.82) is 0 Å². The lowest BCUT2D eigenvalue weighted by molar-refractivity contribution is 0.842. The molecule has 0 saturated carbocycles. The number of aromatic nitrogens is 4. The van der Waals surface area contributed by atoms with Gasteiger partial charge >= 0.3 is 0 Å². The van der Waals surface area contributed by atoms with Gasteiger partial charge in [-0.3, -0.25) is 4.79 Å². The zero-order valence-corrected chi connectivity index (χ0v) is 10.6. The van der Waals surface area contributed by atoms with Gasteiger partial charge in [0.1, 0.15) is 6.33 Å². The number of H-pyrrole nitrogens is 1. The molecule has 0 saturated heterocycles. The lowest BCUT2D eigenvalue weighted by Crippen LogP contribution is -2.20. The molecular weight excluding hydrogens is 240 g/mol. The minimum atomic E-state index is -0.124. The van der Waals surface area contributed by atoms with Crippen LogP contribution in [0.1, 0.15) is 19.0 Å².